The Labute approximate surface area is 101 Å². The molecule has 0 aliphatic heterocycles. The lowest BCUT2D eigenvalue weighted by molar-refractivity contribution is 0.455. The molecule has 0 aliphatic rings. The molecule has 0 saturated carbocycles. The Morgan fingerprint density at radius 2 is 1.94 bits per heavy atom. The Morgan fingerprint density at radius 3 is 2.47 bits per heavy atom. The van der Waals surface area contributed by atoms with Gasteiger partial charge in [-0.15, -0.1) is 10.2 Å². The zero-order chi connectivity index (χ0) is 12.3. The minimum absolute atomic E-state index is 0.229. The topological polar surface area (TPSA) is 69.6 Å². The largest absolute Gasteiger partial charge is 0.330 e. The number of hydrogen-bond acceptors (Lipinski definition) is 4. The molecular formula is C12H17N5. The van der Waals surface area contributed by atoms with Crippen molar-refractivity contribution in [3.05, 3.63) is 29.8 Å². The quantitative estimate of drug-likeness (QED) is 0.864. The highest BCUT2D eigenvalue weighted by Gasteiger charge is 2.07. The van der Waals surface area contributed by atoms with Gasteiger partial charge in [0.25, 0.3) is 0 Å². The predicted octanol–water partition coefficient (Wildman–Crippen LogP) is 1.42. The van der Waals surface area contributed by atoms with Gasteiger partial charge in [-0.2, -0.15) is 4.80 Å². The zero-order valence-corrected chi connectivity index (χ0v) is 10.2. The van der Waals surface area contributed by atoms with E-state index in [1.165, 1.54) is 5.56 Å². The third kappa shape index (κ3) is 2.68. The number of aromatic nitrogens is 4. The average Bonchev–Trinajstić information content (AvgIpc) is 2.80. The van der Waals surface area contributed by atoms with E-state index in [0.717, 1.165) is 12.0 Å². The molecule has 1 aromatic heterocycles. The molecule has 90 valence electrons. The molecule has 1 aromatic carbocycles. The molecular weight excluding hydrogens is 214 g/mol. The van der Waals surface area contributed by atoms with E-state index < -0.39 is 0 Å². The molecule has 0 unspecified atom stereocenters. The average molecular weight is 231 g/mol. The van der Waals surface area contributed by atoms with Crippen molar-refractivity contribution in [2.75, 3.05) is 6.54 Å². The summed E-state index contributed by atoms with van der Waals surface area (Å²) >= 11 is 0. The van der Waals surface area contributed by atoms with Crippen LogP contribution < -0.4 is 5.73 Å². The Morgan fingerprint density at radius 1 is 1.24 bits per heavy atom. The van der Waals surface area contributed by atoms with Crippen LogP contribution in [0.4, 0.5) is 0 Å². The molecule has 5 nitrogen and oxygen atoms in total. The highest BCUT2D eigenvalue weighted by Crippen LogP contribution is 2.15. The van der Waals surface area contributed by atoms with Gasteiger partial charge in [0.1, 0.15) is 0 Å². The van der Waals surface area contributed by atoms with Crippen molar-refractivity contribution in [1.82, 2.24) is 20.2 Å². The van der Waals surface area contributed by atoms with E-state index in [9.17, 15) is 0 Å². The fourth-order valence-electron chi connectivity index (χ4n) is 1.55. The summed E-state index contributed by atoms with van der Waals surface area (Å²) in [4.78, 5) is 1.61. The molecule has 0 radical (unpaired) electrons. The van der Waals surface area contributed by atoms with Crippen LogP contribution in [0.25, 0.3) is 11.4 Å². The van der Waals surface area contributed by atoms with Crippen LogP contribution in [0.2, 0.25) is 0 Å². The number of rotatable bonds is 4. The van der Waals surface area contributed by atoms with Crippen molar-refractivity contribution < 1.29 is 0 Å². The van der Waals surface area contributed by atoms with E-state index in [4.69, 9.17) is 5.73 Å². The monoisotopic (exact) mass is 231 g/mol. The summed E-state index contributed by atoms with van der Waals surface area (Å²) in [5.74, 6) is 0.665. The van der Waals surface area contributed by atoms with Crippen LogP contribution in [0.5, 0.6) is 0 Å². The maximum atomic E-state index is 5.51. The van der Waals surface area contributed by atoms with Crippen LogP contribution in [-0.4, -0.2) is 26.8 Å². The minimum atomic E-state index is 0.229. The summed E-state index contributed by atoms with van der Waals surface area (Å²) in [6.45, 7) is 4.72. The molecule has 1 heterocycles. The number of benzene rings is 1. The summed E-state index contributed by atoms with van der Waals surface area (Å²) in [7, 11) is 0. The standard InChI is InChI=1S/C12H17N5/c1-9(2)17-15-12(14-16-17)11-5-3-10(4-6-11)7-8-13/h3-6,9H,7-8,13H2,1-2H3. The third-order valence-corrected chi connectivity index (χ3v) is 2.54. The normalized spacial score (nSPS) is 11.1. The molecule has 2 rings (SSSR count). The molecule has 0 aliphatic carbocycles. The fourth-order valence-corrected chi connectivity index (χ4v) is 1.55. The van der Waals surface area contributed by atoms with Crippen LogP contribution in [0.1, 0.15) is 25.5 Å². The van der Waals surface area contributed by atoms with Gasteiger partial charge < -0.3 is 5.73 Å². The molecule has 0 fully saturated rings. The van der Waals surface area contributed by atoms with Gasteiger partial charge in [0.2, 0.25) is 5.82 Å². The van der Waals surface area contributed by atoms with Gasteiger partial charge in [-0.3, -0.25) is 0 Å². The molecule has 2 aromatic rings. The van der Waals surface area contributed by atoms with E-state index in [1.54, 1.807) is 4.80 Å². The molecule has 0 spiro atoms. The van der Waals surface area contributed by atoms with Crippen molar-refractivity contribution in [3.8, 4) is 11.4 Å². The highest BCUT2D eigenvalue weighted by molar-refractivity contribution is 5.54. The second kappa shape index (κ2) is 5.05. The second-order valence-corrected chi connectivity index (χ2v) is 4.26. The number of nitrogens with two attached hydrogens (primary N) is 1. The van der Waals surface area contributed by atoms with Gasteiger partial charge in [-0.25, -0.2) is 0 Å². The van der Waals surface area contributed by atoms with Gasteiger partial charge in [-0.05, 0) is 37.6 Å². The van der Waals surface area contributed by atoms with E-state index >= 15 is 0 Å². The van der Waals surface area contributed by atoms with Crippen LogP contribution in [0, 0.1) is 0 Å². The Hall–Kier alpha value is -1.75. The molecule has 0 atom stereocenters. The maximum Gasteiger partial charge on any atom is 0.204 e. The molecule has 0 saturated heterocycles. The molecule has 2 N–H and O–H groups in total. The van der Waals surface area contributed by atoms with Crippen molar-refractivity contribution >= 4 is 0 Å². The second-order valence-electron chi connectivity index (χ2n) is 4.26. The highest BCUT2D eigenvalue weighted by atomic mass is 15.6. The van der Waals surface area contributed by atoms with Gasteiger partial charge in [0, 0.05) is 5.56 Å². The first-order chi connectivity index (χ1) is 8.20. The van der Waals surface area contributed by atoms with Gasteiger partial charge >= 0.3 is 0 Å². The number of hydrogen-bond donors (Lipinski definition) is 1. The first kappa shape index (κ1) is 11.7. The molecule has 0 bridgehead atoms. The van der Waals surface area contributed by atoms with Crippen molar-refractivity contribution in [3.63, 3.8) is 0 Å². The summed E-state index contributed by atoms with van der Waals surface area (Å²) in [6.07, 6.45) is 0.895. The van der Waals surface area contributed by atoms with Gasteiger partial charge in [0.15, 0.2) is 0 Å². The third-order valence-electron chi connectivity index (χ3n) is 2.54. The zero-order valence-electron chi connectivity index (χ0n) is 10.2. The fraction of sp³-hybridized carbons (Fsp3) is 0.417. The van der Waals surface area contributed by atoms with E-state index in [-0.39, 0.29) is 6.04 Å². The number of tetrazole rings is 1. The maximum absolute atomic E-state index is 5.51. The van der Waals surface area contributed by atoms with Crippen LogP contribution in [-0.2, 0) is 6.42 Å². The lowest BCUT2D eigenvalue weighted by atomic mass is 10.1. The lowest BCUT2D eigenvalue weighted by Crippen LogP contribution is -2.04. The Kier molecular flexibility index (Phi) is 3.49. The van der Waals surface area contributed by atoms with Crippen LogP contribution in [0.15, 0.2) is 24.3 Å². The predicted molar refractivity (Wildman–Crippen MR) is 66.4 cm³/mol. The van der Waals surface area contributed by atoms with Crippen LogP contribution in [0.3, 0.4) is 0 Å². The van der Waals surface area contributed by atoms with Crippen molar-refractivity contribution in [2.24, 2.45) is 5.73 Å². The molecule has 17 heavy (non-hydrogen) atoms. The first-order valence-corrected chi connectivity index (χ1v) is 5.79. The Balaban J connectivity index is 2.21. The SMILES string of the molecule is CC(C)n1nnc(-c2ccc(CCN)cc2)n1. The van der Waals surface area contributed by atoms with Gasteiger partial charge in [-0.1, -0.05) is 24.3 Å². The first-order valence-electron chi connectivity index (χ1n) is 5.79. The lowest BCUT2D eigenvalue weighted by Gasteiger charge is -2.00. The molecule has 5 heteroatoms. The Bertz CT molecular complexity index is 472. The van der Waals surface area contributed by atoms with E-state index in [0.29, 0.717) is 12.4 Å². The van der Waals surface area contributed by atoms with Crippen molar-refractivity contribution in [2.45, 2.75) is 26.3 Å². The van der Waals surface area contributed by atoms with Crippen LogP contribution >= 0.6 is 0 Å². The molecule has 0 amide bonds. The van der Waals surface area contributed by atoms with Gasteiger partial charge in [0.05, 0.1) is 6.04 Å². The summed E-state index contributed by atoms with van der Waals surface area (Å²) in [6, 6.07) is 8.35. The van der Waals surface area contributed by atoms with E-state index in [1.807, 2.05) is 26.0 Å². The minimum Gasteiger partial charge on any atom is -0.330 e. The number of nitrogens with zero attached hydrogens (tertiary/aromatic N) is 4. The van der Waals surface area contributed by atoms with Crippen molar-refractivity contribution in [1.29, 1.82) is 0 Å². The summed E-state index contributed by atoms with van der Waals surface area (Å²) in [5, 5.41) is 12.4. The smallest absolute Gasteiger partial charge is 0.204 e. The summed E-state index contributed by atoms with van der Waals surface area (Å²) < 4.78 is 0. The van der Waals surface area contributed by atoms with E-state index in [2.05, 4.69) is 27.5 Å². The summed E-state index contributed by atoms with van der Waals surface area (Å²) in [5.41, 5.74) is 7.72.